The van der Waals surface area contributed by atoms with E-state index in [-0.39, 0.29) is 24.2 Å². The van der Waals surface area contributed by atoms with Gasteiger partial charge in [-0.2, -0.15) is 0 Å². The Labute approximate surface area is 169 Å². The second-order valence-corrected chi connectivity index (χ2v) is 7.36. The number of carbonyl (C=O) groups is 2. The van der Waals surface area contributed by atoms with Crippen molar-refractivity contribution in [2.75, 3.05) is 36.5 Å². The molecule has 0 bridgehead atoms. The van der Waals surface area contributed by atoms with Crippen LogP contribution in [0.1, 0.15) is 25.0 Å². The lowest BCUT2D eigenvalue weighted by Gasteiger charge is -2.17. The minimum atomic E-state index is -0.371. The van der Waals surface area contributed by atoms with E-state index in [9.17, 15) is 9.59 Å². The molecule has 2 aromatic rings. The van der Waals surface area contributed by atoms with Crippen molar-refractivity contribution >= 4 is 23.5 Å². The van der Waals surface area contributed by atoms with Crippen molar-refractivity contribution in [1.82, 2.24) is 15.3 Å². The molecule has 8 nitrogen and oxygen atoms in total. The maximum absolute atomic E-state index is 12.6. The fourth-order valence-electron chi connectivity index (χ4n) is 3.77. The zero-order valence-corrected chi connectivity index (χ0v) is 16.5. The summed E-state index contributed by atoms with van der Waals surface area (Å²) in [5, 5.41) is 2.92. The summed E-state index contributed by atoms with van der Waals surface area (Å²) >= 11 is 0. The second-order valence-electron chi connectivity index (χ2n) is 7.36. The van der Waals surface area contributed by atoms with E-state index in [0.717, 1.165) is 49.0 Å². The van der Waals surface area contributed by atoms with Crippen molar-refractivity contribution in [3.05, 3.63) is 42.2 Å². The molecule has 0 saturated carbocycles. The van der Waals surface area contributed by atoms with Crippen molar-refractivity contribution in [3.8, 4) is 5.75 Å². The Morgan fingerprint density at radius 1 is 1.21 bits per heavy atom. The Kier molecular flexibility index (Phi) is 5.59. The molecule has 1 unspecified atom stereocenters. The quantitative estimate of drug-likeness (QED) is 0.802. The number of methoxy groups -OCH3 is 1. The van der Waals surface area contributed by atoms with Crippen LogP contribution in [0, 0.1) is 5.92 Å². The van der Waals surface area contributed by atoms with Crippen LogP contribution in [0.4, 0.5) is 11.6 Å². The van der Waals surface area contributed by atoms with Gasteiger partial charge in [-0.3, -0.25) is 9.59 Å². The maximum Gasteiger partial charge on any atom is 0.227 e. The van der Waals surface area contributed by atoms with E-state index in [1.165, 1.54) is 0 Å². The number of hydrogen-bond donors (Lipinski definition) is 1. The van der Waals surface area contributed by atoms with Gasteiger partial charge in [0.15, 0.2) is 0 Å². The fraction of sp³-hybridized carbons (Fsp3) is 0.429. The standard InChI is InChI=1S/C21H25N5O3/c1-29-18-6-4-17(5-7-18)26-14-15(12-19(26)27)20(28)23-13-16-8-9-22-21(24-16)25-10-2-3-11-25/h4-9,15H,2-3,10-14H2,1H3,(H,23,28). The first-order valence-corrected chi connectivity index (χ1v) is 9.93. The molecule has 1 atom stereocenters. The van der Waals surface area contributed by atoms with Gasteiger partial charge in [0, 0.05) is 37.9 Å². The summed E-state index contributed by atoms with van der Waals surface area (Å²) in [6, 6.07) is 9.09. The third-order valence-corrected chi connectivity index (χ3v) is 5.41. The lowest BCUT2D eigenvalue weighted by Crippen LogP contribution is -2.33. The van der Waals surface area contributed by atoms with E-state index in [1.54, 1.807) is 18.2 Å². The van der Waals surface area contributed by atoms with E-state index in [0.29, 0.717) is 13.1 Å². The van der Waals surface area contributed by atoms with Gasteiger partial charge in [0.25, 0.3) is 0 Å². The van der Waals surface area contributed by atoms with Crippen molar-refractivity contribution in [1.29, 1.82) is 0 Å². The van der Waals surface area contributed by atoms with E-state index >= 15 is 0 Å². The first-order chi connectivity index (χ1) is 14.1. The van der Waals surface area contributed by atoms with Gasteiger partial charge in [-0.15, -0.1) is 0 Å². The smallest absolute Gasteiger partial charge is 0.227 e. The molecule has 2 amide bonds. The van der Waals surface area contributed by atoms with Gasteiger partial charge < -0.3 is 19.9 Å². The zero-order valence-electron chi connectivity index (χ0n) is 16.5. The molecule has 152 valence electrons. The number of aromatic nitrogens is 2. The first kappa shape index (κ1) is 19.2. The van der Waals surface area contributed by atoms with E-state index in [4.69, 9.17) is 4.74 Å². The Balaban J connectivity index is 1.34. The number of rotatable bonds is 6. The minimum Gasteiger partial charge on any atom is -0.497 e. The van der Waals surface area contributed by atoms with Crippen LogP contribution < -0.4 is 19.9 Å². The number of amides is 2. The van der Waals surface area contributed by atoms with Gasteiger partial charge in [-0.25, -0.2) is 9.97 Å². The lowest BCUT2D eigenvalue weighted by molar-refractivity contribution is -0.126. The van der Waals surface area contributed by atoms with Crippen LogP contribution in [-0.4, -0.2) is 48.5 Å². The molecule has 8 heteroatoms. The first-order valence-electron chi connectivity index (χ1n) is 9.93. The number of carbonyl (C=O) groups excluding carboxylic acids is 2. The van der Waals surface area contributed by atoms with E-state index in [2.05, 4.69) is 20.2 Å². The number of ether oxygens (including phenoxy) is 1. The molecule has 0 spiro atoms. The molecule has 2 aliphatic rings. The summed E-state index contributed by atoms with van der Waals surface area (Å²) in [4.78, 5) is 37.7. The molecule has 3 heterocycles. The molecule has 1 N–H and O–H groups in total. The van der Waals surface area contributed by atoms with Gasteiger partial charge in [-0.05, 0) is 43.2 Å². The molecule has 2 fully saturated rings. The molecule has 4 rings (SSSR count). The Hall–Kier alpha value is -3.16. The minimum absolute atomic E-state index is 0.0475. The van der Waals surface area contributed by atoms with Crippen molar-refractivity contribution in [2.24, 2.45) is 5.92 Å². The average molecular weight is 395 g/mol. The summed E-state index contributed by atoms with van der Waals surface area (Å²) in [7, 11) is 1.60. The maximum atomic E-state index is 12.6. The van der Waals surface area contributed by atoms with Gasteiger partial charge in [0.05, 0.1) is 25.3 Å². The third kappa shape index (κ3) is 4.31. The van der Waals surface area contributed by atoms with Crippen LogP contribution in [-0.2, 0) is 16.1 Å². The molecular formula is C21H25N5O3. The molecule has 1 aromatic carbocycles. The highest BCUT2D eigenvalue weighted by molar-refractivity contribution is 6.00. The Morgan fingerprint density at radius 3 is 2.69 bits per heavy atom. The highest BCUT2D eigenvalue weighted by Gasteiger charge is 2.35. The highest BCUT2D eigenvalue weighted by Crippen LogP contribution is 2.27. The number of anilines is 2. The molecular weight excluding hydrogens is 370 g/mol. The monoisotopic (exact) mass is 395 g/mol. The average Bonchev–Trinajstić information content (AvgIpc) is 3.42. The molecule has 0 radical (unpaired) electrons. The van der Waals surface area contributed by atoms with Gasteiger partial charge in [0.2, 0.25) is 17.8 Å². The predicted octanol–water partition coefficient (Wildman–Crippen LogP) is 1.75. The van der Waals surface area contributed by atoms with Gasteiger partial charge in [0.1, 0.15) is 5.75 Å². The molecule has 1 aromatic heterocycles. The number of hydrogen-bond acceptors (Lipinski definition) is 6. The Bertz CT molecular complexity index is 880. The summed E-state index contributed by atoms with van der Waals surface area (Å²) in [5.41, 5.74) is 1.55. The summed E-state index contributed by atoms with van der Waals surface area (Å²) in [6.07, 6.45) is 4.25. The predicted molar refractivity (Wildman–Crippen MR) is 109 cm³/mol. The van der Waals surface area contributed by atoms with Gasteiger partial charge in [-0.1, -0.05) is 0 Å². The molecule has 2 aliphatic heterocycles. The fourth-order valence-corrected chi connectivity index (χ4v) is 3.77. The van der Waals surface area contributed by atoms with Crippen molar-refractivity contribution in [2.45, 2.75) is 25.8 Å². The third-order valence-electron chi connectivity index (χ3n) is 5.41. The lowest BCUT2D eigenvalue weighted by atomic mass is 10.1. The van der Waals surface area contributed by atoms with Crippen LogP contribution in [0.25, 0.3) is 0 Å². The van der Waals surface area contributed by atoms with Crippen LogP contribution in [0.15, 0.2) is 36.5 Å². The Morgan fingerprint density at radius 2 is 1.97 bits per heavy atom. The number of nitrogens with one attached hydrogen (secondary N) is 1. The van der Waals surface area contributed by atoms with Crippen LogP contribution in [0.3, 0.4) is 0 Å². The number of nitrogens with zero attached hydrogens (tertiary/aromatic N) is 4. The molecule has 29 heavy (non-hydrogen) atoms. The number of benzene rings is 1. The molecule has 0 aliphatic carbocycles. The van der Waals surface area contributed by atoms with E-state index in [1.807, 2.05) is 30.3 Å². The van der Waals surface area contributed by atoms with Gasteiger partial charge >= 0.3 is 0 Å². The second kappa shape index (κ2) is 8.46. The molecule has 2 saturated heterocycles. The normalized spacial score (nSPS) is 18.9. The van der Waals surface area contributed by atoms with Crippen LogP contribution in [0.2, 0.25) is 0 Å². The highest BCUT2D eigenvalue weighted by atomic mass is 16.5. The van der Waals surface area contributed by atoms with Crippen LogP contribution in [0.5, 0.6) is 5.75 Å². The summed E-state index contributed by atoms with van der Waals surface area (Å²) < 4.78 is 5.15. The van der Waals surface area contributed by atoms with Crippen molar-refractivity contribution < 1.29 is 14.3 Å². The zero-order chi connectivity index (χ0) is 20.2. The van der Waals surface area contributed by atoms with E-state index < -0.39 is 0 Å². The SMILES string of the molecule is COc1ccc(N2CC(C(=O)NCc3ccnc(N4CCCC4)n3)CC2=O)cc1. The van der Waals surface area contributed by atoms with Crippen LogP contribution >= 0.6 is 0 Å². The summed E-state index contributed by atoms with van der Waals surface area (Å²) in [5.74, 6) is 0.901. The topological polar surface area (TPSA) is 87.7 Å². The summed E-state index contributed by atoms with van der Waals surface area (Å²) in [6.45, 7) is 2.65. The largest absolute Gasteiger partial charge is 0.497 e. The van der Waals surface area contributed by atoms with Crippen molar-refractivity contribution in [3.63, 3.8) is 0 Å².